The normalized spacial score (nSPS) is 29.8. The lowest BCUT2D eigenvalue weighted by Gasteiger charge is -2.33. The van der Waals surface area contributed by atoms with Crippen LogP contribution in [0.25, 0.3) is 0 Å². The molecule has 0 aromatic carbocycles. The molecule has 4 nitrogen and oxygen atoms in total. The van der Waals surface area contributed by atoms with Gasteiger partial charge in [0.2, 0.25) is 0 Å². The third-order valence-electron chi connectivity index (χ3n) is 2.04. The third kappa shape index (κ3) is 3.08. The van der Waals surface area contributed by atoms with Crippen LogP contribution in [-0.4, -0.2) is 31.4 Å². The molecule has 12 heavy (non-hydrogen) atoms. The molecule has 0 unspecified atom stereocenters. The molecule has 1 rings (SSSR count). The Morgan fingerprint density at radius 2 is 2.08 bits per heavy atom. The van der Waals surface area contributed by atoms with E-state index in [9.17, 15) is 8.42 Å². The lowest BCUT2D eigenvalue weighted by Crippen LogP contribution is -2.35. The first-order valence-electron chi connectivity index (χ1n) is 4.08. The van der Waals surface area contributed by atoms with Crippen LogP contribution in [0.2, 0.25) is 0 Å². The molecule has 0 amide bonds. The Bertz CT molecular complexity index is 228. The van der Waals surface area contributed by atoms with Crippen LogP contribution in [0.5, 0.6) is 0 Å². The van der Waals surface area contributed by atoms with Crippen molar-refractivity contribution in [3.8, 4) is 0 Å². The molecule has 1 N–H and O–H groups in total. The fourth-order valence-corrected chi connectivity index (χ4v) is 2.35. The van der Waals surface area contributed by atoms with Gasteiger partial charge >= 0.3 is 0 Å². The minimum Gasteiger partial charge on any atom is -0.378 e. The molecule has 1 aliphatic carbocycles. The van der Waals surface area contributed by atoms with Gasteiger partial charge in [-0.1, -0.05) is 0 Å². The molecule has 72 valence electrons. The highest BCUT2D eigenvalue weighted by atomic mass is 32.2. The zero-order chi connectivity index (χ0) is 9.19. The van der Waals surface area contributed by atoms with E-state index < -0.39 is 10.1 Å². The Balaban J connectivity index is 2.18. The van der Waals surface area contributed by atoms with E-state index in [4.69, 9.17) is 9.29 Å². The molecule has 0 radical (unpaired) electrons. The van der Waals surface area contributed by atoms with Gasteiger partial charge in [-0.25, -0.2) is 0 Å². The van der Waals surface area contributed by atoms with Crippen LogP contribution in [0.4, 0.5) is 0 Å². The second-order valence-electron chi connectivity index (χ2n) is 3.16. The molecule has 1 fully saturated rings. The van der Waals surface area contributed by atoms with Crippen molar-refractivity contribution in [2.24, 2.45) is 5.92 Å². The van der Waals surface area contributed by atoms with Crippen molar-refractivity contribution >= 4 is 10.1 Å². The summed E-state index contributed by atoms with van der Waals surface area (Å²) in [5.74, 6) is -0.0205. The Hall–Kier alpha value is -0.130. The monoisotopic (exact) mass is 194 g/mol. The van der Waals surface area contributed by atoms with Crippen molar-refractivity contribution in [3.63, 3.8) is 0 Å². The fraction of sp³-hybridized carbons (Fsp3) is 1.00. The first-order chi connectivity index (χ1) is 5.51. The van der Waals surface area contributed by atoms with E-state index in [0.29, 0.717) is 6.61 Å². The van der Waals surface area contributed by atoms with Crippen molar-refractivity contribution in [2.45, 2.75) is 25.9 Å². The van der Waals surface area contributed by atoms with Crippen molar-refractivity contribution in [3.05, 3.63) is 0 Å². The molecule has 0 bridgehead atoms. The molecule has 1 saturated carbocycles. The zero-order valence-corrected chi connectivity index (χ0v) is 7.88. The number of hydrogen-bond donors (Lipinski definition) is 1. The quantitative estimate of drug-likeness (QED) is 0.669. The van der Waals surface area contributed by atoms with E-state index in [1.165, 1.54) is 0 Å². The van der Waals surface area contributed by atoms with Crippen LogP contribution in [0.1, 0.15) is 19.8 Å². The lowest BCUT2D eigenvalue weighted by molar-refractivity contribution is -0.0183. The zero-order valence-electron chi connectivity index (χ0n) is 7.06. The van der Waals surface area contributed by atoms with Gasteiger partial charge in [-0.3, -0.25) is 4.55 Å². The Labute approximate surface area is 72.7 Å². The van der Waals surface area contributed by atoms with E-state index in [-0.39, 0.29) is 17.8 Å². The summed E-state index contributed by atoms with van der Waals surface area (Å²) < 4.78 is 34.6. The summed E-state index contributed by atoms with van der Waals surface area (Å²) in [5.41, 5.74) is 0. The van der Waals surface area contributed by atoms with Crippen LogP contribution < -0.4 is 0 Å². The minimum absolute atomic E-state index is 0.0940. The Morgan fingerprint density at radius 3 is 2.50 bits per heavy atom. The van der Waals surface area contributed by atoms with E-state index in [1.807, 2.05) is 6.92 Å². The molecule has 0 heterocycles. The smallest absolute Gasteiger partial charge is 0.265 e. The van der Waals surface area contributed by atoms with Crippen LogP contribution in [0.3, 0.4) is 0 Å². The molecule has 0 atom stereocenters. The molecular formula is C7H14O4S. The summed E-state index contributed by atoms with van der Waals surface area (Å²) >= 11 is 0. The van der Waals surface area contributed by atoms with Crippen LogP contribution in [-0.2, 0) is 14.9 Å². The highest BCUT2D eigenvalue weighted by molar-refractivity contribution is 7.85. The minimum atomic E-state index is -3.78. The Morgan fingerprint density at radius 1 is 1.50 bits per heavy atom. The maximum Gasteiger partial charge on any atom is 0.265 e. The van der Waals surface area contributed by atoms with E-state index in [0.717, 1.165) is 12.8 Å². The molecule has 0 aliphatic heterocycles. The molecular weight excluding hydrogens is 180 g/mol. The summed E-state index contributed by atoms with van der Waals surface area (Å²) in [7, 11) is -3.78. The van der Waals surface area contributed by atoms with Crippen molar-refractivity contribution in [1.82, 2.24) is 0 Å². The second-order valence-corrected chi connectivity index (χ2v) is 4.66. The standard InChI is InChI=1S/C7H14O4S/c1-2-11-7-3-6(4-7)5-12(8,9)10/h6-7H,2-5H2,1H3,(H,8,9,10). The van der Waals surface area contributed by atoms with Crippen molar-refractivity contribution in [1.29, 1.82) is 0 Å². The summed E-state index contributed by atoms with van der Waals surface area (Å²) in [5, 5.41) is 0. The van der Waals surface area contributed by atoms with Crippen LogP contribution in [0, 0.1) is 5.92 Å². The van der Waals surface area contributed by atoms with E-state index >= 15 is 0 Å². The SMILES string of the molecule is CCOC1CC(CS(=O)(=O)O)C1. The van der Waals surface area contributed by atoms with Gasteiger partial charge in [0.1, 0.15) is 0 Å². The predicted octanol–water partition coefficient (Wildman–Crippen LogP) is 0.689. The number of ether oxygens (including phenoxy) is 1. The van der Waals surface area contributed by atoms with E-state index in [2.05, 4.69) is 0 Å². The summed E-state index contributed by atoms with van der Waals surface area (Å²) in [6.07, 6.45) is 1.73. The maximum atomic E-state index is 10.4. The number of rotatable bonds is 4. The molecule has 0 aromatic rings. The van der Waals surface area contributed by atoms with Gasteiger partial charge in [0.05, 0.1) is 11.9 Å². The largest absolute Gasteiger partial charge is 0.378 e. The van der Waals surface area contributed by atoms with Gasteiger partial charge in [0.15, 0.2) is 0 Å². The van der Waals surface area contributed by atoms with Gasteiger partial charge in [-0.15, -0.1) is 0 Å². The van der Waals surface area contributed by atoms with Gasteiger partial charge in [0, 0.05) is 6.61 Å². The summed E-state index contributed by atoms with van der Waals surface area (Å²) in [4.78, 5) is 0. The van der Waals surface area contributed by atoms with Crippen LogP contribution in [0.15, 0.2) is 0 Å². The van der Waals surface area contributed by atoms with Gasteiger partial charge in [-0.2, -0.15) is 8.42 Å². The Kier molecular flexibility index (Phi) is 3.09. The van der Waals surface area contributed by atoms with Gasteiger partial charge in [-0.05, 0) is 25.7 Å². The molecule has 1 aliphatic rings. The molecule has 0 spiro atoms. The highest BCUT2D eigenvalue weighted by Crippen LogP contribution is 2.30. The topological polar surface area (TPSA) is 63.6 Å². The lowest BCUT2D eigenvalue weighted by atomic mass is 9.84. The second kappa shape index (κ2) is 3.72. The molecule has 0 saturated heterocycles. The highest BCUT2D eigenvalue weighted by Gasteiger charge is 2.32. The first-order valence-corrected chi connectivity index (χ1v) is 5.69. The van der Waals surface area contributed by atoms with E-state index in [1.54, 1.807) is 0 Å². The average molecular weight is 194 g/mol. The number of hydrogen-bond acceptors (Lipinski definition) is 3. The average Bonchev–Trinajstić information content (AvgIpc) is 1.80. The first kappa shape index (κ1) is 9.95. The summed E-state index contributed by atoms with van der Waals surface area (Å²) in [6.45, 7) is 2.58. The predicted molar refractivity (Wildman–Crippen MR) is 44.6 cm³/mol. The van der Waals surface area contributed by atoms with Gasteiger partial charge < -0.3 is 4.74 Å². The third-order valence-corrected chi connectivity index (χ3v) is 2.93. The van der Waals surface area contributed by atoms with Crippen molar-refractivity contribution in [2.75, 3.05) is 12.4 Å². The molecule has 0 aromatic heterocycles. The summed E-state index contributed by atoms with van der Waals surface area (Å²) in [6, 6.07) is 0. The maximum absolute atomic E-state index is 10.4. The van der Waals surface area contributed by atoms with Crippen molar-refractivity contribution < 1.29 is 17.7 Å². The fourth-order valence-electron chi connectivity index (χ4n) is 1.48. The van der Waals surface area contributed by atoms with Gasteiger partial charge in [0.25, 0.3) is 10.1 Å². The van der Waals surface area contributed by atoms with Crippen LogP contribution >= 0.6 is 0 Å². The molecule has 5 heteroatoms.